The Labute approximate surface area is 118 Å². The average molecular weight is 277 g/mol. The molecule has 2 N–H and O–H groups in total. The molecule has 1 atom stereocenters. The predicted octanol–water partition coefficient (Wildman–Crippen LogP) is 0.981. The first-order chi connectivity index (χ1) is 9.61. The average Bonchev–Trinajstić information content (AvgIpc) is 2.85. The van der Waals surface area contributed by atoms with E-state index in [1.807, 2.05) is 13.0 Å². The van der Waals surface area contributed by atoms with E-state index in [9.17, 15) is 9.59 Å². The van der Waals surface area contributed by atoms with Crippen molar-refractivity contribution in [2.45, 2.75) is 13.0 Å². The molecule has 0 bridgehead atoms. The van der Waals surface area contributed by atoms with Crippen LogP contribution in [0.1, 0.15) is 17.3 Å². The fraction of sp³-hybridized carbons (Fsp3) is 0.429. The summed E-state index contributed by atoms with van der Waals surface area (Å²) in [6.07, 6.45) is 0. The highest BCUT2D eigenvalue weighted by Gasteiger charge is 2.21. The van der Waals surface area contributed by atoms with Gasteiger partial charge in [0.05, 0.1) is 6.61 Å². The van der Waals surface area contributed by atoms with Gasteiger partial charge in [-0.15, -0.1) is 0 Å². The number of methoxy groups -OCH3 is 1. The number of anilines is 1. The second-order valence-corrected chi connectivity index (χ2v) is 4.76. The van der Waals surface area contributed by atoms with Gasteiger partial charge in [0.1, 0.15) is 0 Å². The largest absolute Gasteiger partial charge is 0.383 e. The zero-order valence-electron chi connectivity index (χ0n) is 11.7. The minimum atomic E-state index is -0.170. The first kappa shape index (κ1) is 14.3. The summed E-state index contributed by atoms with van der Waals surface area (Å²) in [5, 5.41) is 5.58. The summed E-state index contributed by atoms with van der Waals surface area (Å²) in [5.41, 5.74) is 1.26. The van der Waals surface area contributed by atoms with Crippen LogP contribution in [0.3, 0.4) is 0 Å². The second kappa shape index (κ2) is 6.38. The van der Waals surface area contributed by atoms with E-state index in [0.29, 0.717) is 25.3 Å². The monoisotopic (exact) mass is 277 g/mol. The van der Waals surface area contributed by atoms with Gasteiger partial charge < -0.3 is 15.4 Å². The van der Waals surface area contributed by atoms with Crippen LogP contribution in [-0.2, 0) is 4.74 Å². The summed E-state index contributed by atoms with van der Waals surface area (Å²) in [7, 11) is 1.59. The van der Waals surface area contributed by atoms with Gasteiger partial charge in [0.15, 0.2) is 0 Å². The zero-order valence-corrected chi connectivity index (χ0v) is 11.7. The zero-order chi connectivity index (χ0) is 14.5. The van der Waals surface area contributed by atoms with Gasteiger partial charge in [-0.1, -0.05) is 6.07 Å². The van der Waals surface area contributed by atoms with E-state index in [2.05, 4.69) is 10.6 Å². The van der Waals surface area contributed by atoms with Crippen molar-refractivity contribution in [3.63, 3.8) is 0 Å². The summed E-state index contributed by atoms with van der Waals surface area (Å²) in [5.74, 6) is -0.170. The van der Waals surface area contributed by atoms with E-state index in [0.717, 1.165) is 5.69 Å². The van der Waals surface area contributed by atoms with Gasteiger partial charge in [0, 0.05) is 37.5 Å². The van der Waals surface area contributed by atoms with Crippen LogP contribution in [0.15, 0.2) is 24.3 Å². The molecule has 0 aromatic heterocycles. The van der Waals surface area contributed by atoms with Gasteiger partial charge in [0.2, 0.25) is 0 Å². The normalized spacial score (nSPS) is 15.9. The number of rotatable bonds is 5. The van der Waals surface area contributed by atoms with E-state index < -0.39 is 0 Å². The summed E-state index contributed by atoms with van der Waals surface area (Å²) >= 11 is 0. The fourth-order valence-electron chi connectivity index (χ4n) is 2.13. The smallest absolute Gasteiger partial charge is 0.321 e. The third-order valence-electron chi connectivity index (χ3n) is 3.07. The van der Waals surface area contributed by atoms with Gasteiger partial charge in [-0.3, -0.25) is 9.69 Å². The lowest BCUT2D eigenvalue weighted by Crippen LogP contribution is -2.35. The number of carbonyl (C=O) groups is 2. The third-order valence-corrected chi connectivity index (χ3v) is 3.07. The first-order valence-corrected chi connectivity index (χ1v) is 6.57. The van der Waals surface area contributed by atoms with Crippen LogP contribution >= 0.6 is 0 Å². The minimum Gasteiger partial charge on any atom is -0.383 e. The van der Waals surface area contributed by atoms with Crippen molar-refractivity contribution in [3.05, 3.63) is 29.8 Å². The maximum absolute atomic E-state index is 12.1. The molecule has 1 saturated heterocycles. The Morgan fingerprint density at radius 1 is 1.55 bits per heavy atom. The Hall–Kier alpha value is -2.08. The van der Waals surface area contributed by atoms with Crippen molar-refractivity contribution in [1.29, 1.82) is 0 Å². The molecule has 0 aliphatic carbocycles. The van der Waals surface area contributed by atoms with Crippen molar-refractivity contribution in [2.24, 2.45) is 0 Å². The van der Waals surface area contributed by atoms with E-state index in [1.54, 1.807) is 30.2 Å². The van der Waals surface area contributed by atoms with Crippen LogP contribution in [-0.4, -0.2) is 44.8 Å². The molecule has 108 valence electrons. The van der Waals surface area contributed by atoms with Gasteiger partial charge in [-0.25, -0.2) is 4.79 Å². The Bertz CT molecular complexity index is 504. The lowest BCUT2D eigenvalue weighted by Gasteiger charge is -2.16. The van der Waals surface area contributed by atoms with Crippen LogP contribution in [0, 0.1) is 0 Å². The number of hydrogen-bond acceptors (Lipinski definition) is 3. The number of hydrogen-bond donors (Lipinski definition) is 2. The molecule has 1 aliphatic rings. The molecule has 6 nitrogen and oxygen atoms in total. The number of amides is 3. The highest BCUT2D eigenvalue weighted by Crippen LogP contribution is 2.18. The molecule has 20 heavy (non-hydrogen) atoms. The molecule has 1 unspecified atom stereocenters. The van der Waals surface area contributed by atoms with Crippen LogP contribution in [0.2, 0.25) is 0 Å². The Balaban J connectivity index is 2.09. The maximum Gasteiger partial charge on any atom is 0.321 e. The van der Waals surface area contributed by atoms with E-state index in [1.165, 1.54) is 0 Å². The van der Waals surface area contributed by atoms with E-state index >= 15 is 0 Å². The first-order valence-electron chi connectivity index (χ1n) is 6.57. The van der Waals surface area contributed by atoms with Crippen molar-refractivity contribution >= 4 is 17.6 Å². The fourth-order valence-corrected chi connectivity index (χ4v) is 2.13. The number of urea groups is 1. The quantitative estimate of drug-likeness (QED) is 0.843. The van der Waals surface area contributed by atoms with Crippen LogP contribution < -0.4 is 15.5 Å². The molecule has 1 aromatic carbocycles. The van der Waals surface area contributed by atoms with Crippen molar-refractivity contribution in [1.82, 2.24) is 10.6 Å². The molecule has 3 amide bonds. The standard InChI is InChI=1S/C14H19N3O3/c1-10(9-20-2)16-13(18)11-4-3-5-12(8-11)17-7-6-15-14(17)19/h3-5,8,10H,6-7,9H2,1-2H3,(H,15,19)(H,16,18). The summed E-state index contributed by atoms with van der Waals surface area (Å²) in [4.78, 5) is 25.3. The Kier molecular flexibility index (Phi) is 4.57. The van der Waals surface area contributed by atoms with E-state index in [-0.39, 0.29) is 18.0 Å². The molecular weight excluding hydrogens is 258 g/mol. The van der Waals surface area contributed by atoms with Crippen LogP contribution in [0.5, 0.6) is 0 Å². The number of benzene rings is 1. The third kappa shape index (κ3) is 3.27. The predicted molar refractivity (Wildman–Crippen MR) is 76.0 cm³/mol. The maximum atomic E-state index is 12.1. The van der Waals surface area contributed by atoms with Crippen LogP contribution in [0.25, 0.3) is 0 Å². The number of ether oxygens (including phenoxy) is 1. The number of nitrogens with zero attached hydrogens (tertiary/aromatic N) is 1. The van der Waals surface area contributed by atoms with Gasteiger partial charge in [-0.2, -0.15) is 0 Å². The lowest BCUT2D eigenvalue weighted by atomic mass is 10.1. The second-order valence-electron chi connectivity index (χ2n) is 4.76. The summed E-state index contributed by atoms with van der Waals surface area (Å²) in [6.45, 7) is 3.57. The Morgan fingerprint density at radius 2 is 2.35 bits per heavy atom. The molecule has 0 saturated carbocycles. The summed E-state index contributed by atoms with van der Waals surface area (Å²) in [6, 6.07) is 6.85. The molecule has 1 aliphatic heterocycles. The number of nitrogens with one attached hydrogen (secondary N) is 2. The van der Waals surface area contributed by atoms with Gasteiger partial charge >= 0.3 is 6.03 Å². The molecule has 0 radical (unpaired) electrons. The SMILES string of the molecule is COCC(C)NC(=O)c1cccc(N2CCNC2=O)c1. The molecular formula is C14H19N3O3. The number of carbonyl (C=O) groups excluding carboxylic acids is 2. The molecule has 1 heterocycles. The lowest BCUT2D eigenvalue weighted by molar-refractivity contribution is 0.0905. The van der Waals surface area contributed by atoms with Gasteiger partial charge in [0.25, 0.3) is 5.91 Å². The highest BCUT2D eigenvalue weighted by atomic mass is 16.5. The van der Waals surface area contributed by atoms with Crippen LogP contribution in [0.4, 0.5) is 10.5 Å². The minimum absolute atomic E-state index is 0.0637. The molecule has 6 heteroatoms. The van der Waals surface area contributed by atoms with Gasteiger partial charge in [-0.05, 0) is 25.1 Å². The van der Waals surface area contributed by atoms with E-state index in [4.69, 9.17) is 4.74 Å². The topological polar surface area (TPSA) is 70.7 Å². The van der Waals surface area contributed by atoms with Crippen molar-refractivity contribution in [2.75, 3.05) is 31.7 Å². The van der Waals surface area contributed by atoms with Crippen molar-refractivity contribution in [3.8, 4) is 0 Å². The Morgan fingerprint density at radius 3 is 3.00 bits per heavy atom. The molecule has 0 spiro atoms. The summed E-state index contributed by atoms with van der Waals surface area (Å²) < 4.78 is 4.98. The highest BCUT2D eigenvalue weighted by molar-refractivity contribution is 5.98. The molecule has 1 aromatic rings. The van der Waals surface area contributed by atoms with Crippen molar-refractivity contribution < 1.29 is 14.3 Å². The molecule has 1 fully saturated rings. The molecule has 2 rings (SSSR count).